The normalized spacial score (nSPS) is 22.5. The number of rotatable bonds is 3. The summed E-state index contributed by atoms with van der Waals surface area (Å²) < 4.78 is 5.27. The van der Waals surface area contributed by atoms with Crippen molar-refractivity contribution in [1.29, 1.82) is 0 Å². The first-order valence-corrected chi connectivity index (χ1v) is 7.80. The van der Waals surface area contributed by atoms with Crippen LogP contribution in [0.1, 0.15) is 11.1 Å². The highest BCUT2D eigenvalue weighted by Crippen LogP contribution is 2.34. The van der Waals surface area contributed by atoms with Gasteiger partial charge in [0.05, 0.1) is 43.4 Å². The molecule has 5 heteroatoms. The second-order valence-corrected chi connectivity index (χ2v) is 6.03. The molecular weight excluding hydrogens is 290 g/mol. The van der Waals surface area contributed by atoms with Crippen molar-refractivity contribution >= 4 is 11.4 Å². The zero-order chi connectivity index (χ0) is 15.8. The summed E-state index contributed by atoms with van der Waals surface area (Å²) in [7, 11) is 1.66. The number of aromatic nitrogens is 1. The molecule has 0 radical (unpaired) electrons. The number of hydrogen-bond donors (Lipinski definition) is 0. The Kier molecular flexibility index (Phi) is 3.41. The van der Waals surface area contributed by atoms with Crippen molar-refractivity contribution in [2.24, 2.45) is 11.1 Å². The van der Waals surface area contributed by atoms with Crippen LogP contribution in [0.25, 0.3) is 0 Å². The van der Waals surface area contributed by atoms with Gasteiger partial charge < -0.3 is 14.5 Å². The van der Waals surface area contributed by atoms with E-state index in [0.717, 1.165) is 30.2 Å². The van der Waals surface area contributed by atoms with E-state index in [0.29, 0.717) is 5.92 Å². The van der Waals surface area contributed by atoms with Crippen molar-refractivity contribution in [3.05, 3.63) is 53.9 Å². The Balaban J connectivity index is 1.58. The predicted molar refractivity (Wildman–Crippen MR) is 89.1 cm³/mol. The van der Waals surface area contributed by atoms with E-state index in [4.69, 9.17) is 9.57 Å². The average Bonchev–Trinajstić information content (AvgIpc) is 3.16. The standard InChI is InChI=1S/C18H19N3O2/c1-12-5-3-4-6-15(12)18-16-10-21(11-17(16)23-20-18)13-7-14(22-2)9-19-8-13/h3-9,16-17H,10-11H2,1-2H3. The number of hydrogen-bond acceptors (Lipinski definition) is 5. The molecule has 0 bridgehead atoms. The van der Waals surface area contributed by atoms with Gasteiger partial charge in [0.1, 0.15) is 5.75 Å². The third kappa shape index (κ3) is 2.42. The largest absolute Gasteiger partial charge is 0.495 e. The zero-order valence-electron chi connectivity index (χ0n) is 13.3. The van der Waals surface area contributed by atoms with Crippen LogP contribution in [0.2, 0.25) is 0 Å². The first-order valence-electron chi connectivity index (χ1n) is 7.80. The molecule has 1 aromatic carbocycles. The second-order valence-electron chi connectivity index (χ2n) is 6.03. The number of nitrogens with zero attached hydrogens (tertiary/aromatic N) is 3. The summed E-state index contributed by atoms with van der Waals surface area (Å²) in [5, 5.41) is 4.36. The van der Waals surface area contributed by atoms with Crippen LogP contribution in [0.4, 0.5) is 5.69 Å². The van der Waals surface area contributed by atoms with E-state index >= 15 is 0 Å². The Morgan fingerprint density at radius 2 is 2.09 bits per heavy atom. The van der Waals surface area contributed by atoms with Crippen molar-refractivity contribution in [3.8, 4) is 5.75 Å². The van der Waals surface area contributed by atoms with Gasteiger partial charge in [-0.05, 0) is 12.5 Å². The van der Waals surface area contributed by atoms with Crippen LogP contribution in [0.5, 0.6) is 5.75 Å². The van der Waals surface area contributed by atoms with Crippen molar-refractivity contribution in [2.45, 2.75) is 13.0 Å². The Bertz CT molecular complexity index is 759. The van der Waals surface area contributed by atoms with E-state index < -0.39 is 0 Å². The Labute approximate surface area is 135 Å². The maximum Gasteiger partial charge on any atom is 0.155 e. The van der Waals surface area contributed by atoms with Crippen LogP contribution in [-0.2, 0) is 4.84 Å². The monoisotopic (exact) mass is 309 g/mol. The predicted octanol–water partition coefficient (Wildman–Crippen LogP) is 2.64. The number of benzene rings is 1. The topological polar surface area (TPSA) is 47.0 Å². The number of pyridine rings is 1. The van der Waals surface area contributed by atoms with Gasteiger partial charge in [0, 0.05) is 18.2 Å². The van der Waals surface area contributed by atoms with Crippen LogP contribution < -0.4 is 9.64 Å². The lowest BCUT2D eigenvalue weighted by Gasteiger charge is -2.19. The molecule has 118 valence electrons. The smallest absolute Gasteiger partial charge is 0.155 e. The van der Waals surface area contributed by atoms with Crippen LogP contribution in [0.3, 0.4) is 0 Å². The molecule has 0 N–H and O–H groups in total. The highest BCUT2D eigenvalue weighted by atomic mass is 16.6. The molecule has 0 saturated carbocycles. The summed E-state index contributed by atoms with van der Waals surface area (Å²) in [4.78, 5) is 12.2. The molecule has 0 aliphatic carbocycles. The summed E-state index contributed by atoms with van der Waals surface area (Å²) in [6.45, 7) is 3.81. The fraction of sp³-hybridized carbons (Fsp3) is 0.333. The average molecular weight is 309 g/mol. The van der Waals surface area contributed by atoms with Crippen molar-refractivity contribution in [1.82, 2.24) is 4.98 Å². The first kappa shape index (κ1) is 14.1. The van der Waals surface area contributed by atoms with E-state index in [1.807, 2.05) is 12.3 Å². The SMILES string of the molecule is COc1cncc(N2CC3ON=C(c4ccccc4C)C3C2)c1. The fourth-order valence-electron chi connectivity index (χ4n) is 3.35. The molecule has 2 unspecified atom stereocenters. The maximum atomic E-state index is 5.70. The molecule has 0 amide bonds. The van der Waals surface area contributed by atoms with Gasteiger partial charge in [-0.1, -0.05) is 29.4 Å². The molecule has 2 atom stereocenters. The molecule has 2 aliphatic rings. The Hall–Kier alpha value is -2.56. The van der Waals surface area contributed by atoms with Crippen LogP contribution in [-0.4, -0.2) is 37.0 Å². The maximum absolute atomic E-state index is 5.70. The minimum atomic E-state index is 0.107. The lowest BCUT2D eigenvalue weighted by atomic mass is 9.92. The number of anilines is 1. The number of fused-ring (bicyclic) bond motifs is 1. The van der Waals surface area contributed by atoms with E-state index in [1.54, 1.807) is 13.3 Å². The molecule has 5 nitrogen and oxygen atoms in total. The van der Waals surface area contributed by atoms with Crippen LogP contribution in [0, 0.1) is 12.8 Å². The molecular formula is C18H19N3O2. The molecule has 0 spiro atoms. The van der Waals surface area contributed by atoms with Gasteiger partial charge in [-0.15, -0.1) is 0 Å². The highest BCUT2D eigenvalue weighted by Gasteiger charge is 2.43. The third-order valence-electron chi connectivity index (χ3n) is 4.62. The number of ether oxygens (including phenoxy) is 1. The van der Waals surface area contributed by atoms with Crippen molar-refractivity contribution in [2.75, 3.05) is 25.1 Å². The van der Waals surface area contributed by atoms with E-state index in [9.17, 15) is 0 Å². The quantitative estimate of drug-likeness (QED) is 0.874. The van der Waals surface area contributed by atoms with Crippen LogP contribution in [0.15, 0.2) is 47.9 Å². The molecule has 2 aromatic rings. The Morgan fingerprint density at radius 1 is 1.22 bits per heavy atom. The Morgan fingerprint density at radius 3 is 2.91 bits per heavy atom. The molecule has 1 saturated heterocycles. The minimum Gasteiger partial charge on any atom is -0.495 e. The molecule has 23 heavy (non-hydrogen) atoms. The van der Waals surface area contributed by atoms with Gasteiger partial charge in [0.2, 0.25) is 0 Å². The molecule has 1 aromatic heterocycles. The summed E-state index contributed by atoms with van der Waals surface area (Å²) in [5.74, 6) is 1.07. The van der Waals surface area contributed by atoms with E-state index in [-0.39, 0.29) is 6.10 Å². The number of methoxy groups -OCH3 is 1. The van der Waals surface area contributed by atoms with Gasteiger partial charge in [-0.3, -0.25) is 4.98 Å². The van der Waals surface area contributed by atoms with Gasteiger partial charge in [-0.2, -0.15) is 0 Å². The number of oxime groups is 1. The van der Waals surface area contributed by atoms with Gasteiger partial charge in [0.25, 0.3) is 0 Å². The first-order chi connectivity index (χ1) is 11.3. The molecule has 1 fully saturated rings. The fourth-order valence-corrected chi connectivity index (χ4v) is 3.35. The van der Waals surface area contributed by atoms with E-state index in [2.05, 4.69) is 46.2 Å². The van der Waals surface area contributed by atoms with Crippen molar-refractivity contribution < 1.29 is 9.57 Å². The van der Waals surface area contributed by atoms with Gasteiger partial charge >= 0.3 is 0 Å². The summed E-state index contributed by atoms with van der Waals surface area (Å²) >= 11 is 0. The number of aryl methyl sites for hydroxylation is 1. The highest BCUT2D eigenvalue weighted by molar-refractivity contribution is 6.04. The summed E-state index contributed by atoms with van der Waals surface area (Å²) in [6, 6.07) is 10.4. The molecule has 2 aliphatic heterocycles. The summed E-state index contributed by atoms with van der Waals surface area (Å²) in [5.41, 5.74) is 4.54. The van der Waals surface area contributed by atoms with E-state index in [1.165, 1.54) is 11.1 Å². The minimum absolute atomic E-state index is 0.107. The lowest BCUT2D eigenvalue weighted by molar-refractivity contribution is 0.0854. The third-order valence-corrected chi connectivity index (χ3v) is 4.62. The van der Waals surface area contributed by atoms with Crippen LogP contribution >= 0.6 is 0 Å². The molecule has 3 heterocycles. The van der Waals surface area contributed by atoms with Gasteiger partial charge in [0.15, 0.2) is 6.10 Å². The second kappa shape index (κ2) is 5.57. The lowest BCUT2D eigenvalue weighted by Crippen LogP contribution is -2.23. The summed E-state index contributed by atoms with van der Waals surface area (Å²) in [6.07, 6.45) is 3.70. The van der Waals surface area contributed by atoms with Crippen molar-refractivity contribution in [3.63, 3.8) is 0 Å². The van der Waals surface area contributed by atoms with Gasteiger partial charge in [-0.25, -0.2) is 0 Å². The molecule has 4 rings (SSSR count). The zero-order valence-corrected chi connectivity index (χ0v) is 13.3.